The van der Waals surface area contributed by atoms with Crippen LogP contribution in [0.4, 0.5) is 4.79 Å². The zero-order valence-corrected chi connectivity index (χ0v) is 12.6. The normalized spacial score (nSPS) is 35.5. The number of carbonyl (C=O) groups is 2. The highest BCUT2D eigenvalue weighted by Gasteiger charge is 2.67. The molecule has 3 saturated carbocycles. The second kappa shape index (κ2) is 5.11. The fourth-order valence-corrected chi connectivity index (χ4v) is 4.69. The number of alkyl carbamates (subject to hydrolysis) is 1. The Morgan fingerprint density at radius 1 is 1.27 bits per heavy atom. The number of rotatable bonds is 3. The van der Waals surface area contributed by atoms with Gasteiger partial charge in [0.05, 0.1) is 0 Å². The maximum Gasteiger partial charge on any atom is 0.407 e. The van der Waals surface area contributed by atoms with Gasteiger partial charge in [0.1, 0.15) is 12.4 Å². The number of Topliss-reactive ketones (excluding diaryl/α,β-unsaturated/α-hetero) is 1. The molecule has 1 aromatic carbocycles. The molecule has 0 radical (unpaired) electrons. The van der Waals surface area contributed by atoms with E-state index in [0.29, 0.717) is 18.3 Å². The lowest BCUT2D eigenvalue weighted by Crippen LogP contribution is -2.42. The van der Waals surface area contributed by atoms with E-state index in [0.717, 1.165) is 37.7 Å². The zero-order valence-electron chi connectivity index (χ0n) is 12.6. The van der Waals surface area contributed by atoms with E-state index in [-0.39, 0.29) is 23.5 Å². The Labute approximate surface area is 130 Å². The molecule has 0 bridgehead atoms. The molecule has 116 valence electrons. The first-order chi connectivity index (χ1) is 10.7. The van der Waals surface area contributed by atoms with Gasteiger partial charge in [-0.1, -0.05) is 30.3 Å². The summed E-state index contributed by atoms with van der Waals surface area (Å²) in [5.74, 6) is 1.21. The number of benzene rings is 1. The summed E-state index contributed by atoms with van der Waals surface area (Å²) in [5, 5.41) is 3.03. The van der Waals surface area contributed by atoms with Crippen molar-refractivity contribution in [2.45, 2.75) is 44.8 Å². The Bertz CT molecular complexity index is 600. The SMILES string of the molecule is O=C(NC1CCC2C(=O)CCC23C[C@H]13)OCc1ccccc1. The summed E-state index contributed by atoms with van der Waals surface area (Å²) in [7, 11) is 0. The Morgan fingerprint density at radius 2 is 2.09 bits per heavy atom. The monoisotopic (exact) mass is 299 g/mol. The van der Waals surface area contributed by atoms with E-state index in [2.05, 4.69) is 5.32 Å². The van der Waals surface area contributed by atoms with E-state index in [1.54, 1.807) is 0 Å². The third-order valence-electron chi connectivity index (χ3n) is 5.87. The number of ketones is 1. The van der Waals surface area contributed by atoms with E-state index in [4.69, 9.17) is 4.74 Å². The minimum absolute atomic E-state index is 0.186. The lowest BCUT2D eigenvalue weighted by atomic mass is 9.78. The lowest BCUT2D eigenvalue weighted by molar-refractivity contribution is -0.122. The summed E-state index contributed by atoms with van der Waals surface area (Å²) in [5.41, 5.74) is 1.22. The van der Waals surface area contributed by atoms with Crippen LogP contribution >= 0.6 is 0 Å². The molecule has 4 nitrogen and oxygen atoms in total. The van der Waals surface area contributed by atoms with Gasteiger partial charge in [-0.2, -0.15) is 0 Å². The quantitative estimate of drug-likeness (QED) is 0.933. The van der Waals surface area contributed by atoms with Crippen LogP contribution in [0, 0.1) is 17.3 Å². The van der Waals surface area contributed by atoms with Crippen molar-refractivity contribution in [2.75, 3.05) is 0 Å². The Kier molecular flexibility index (Phi) is 3.21. The van der Waals surface area contributed by atoms with Crippen molar-refractivity contribution in [3.63, 3.8) is 0 Å². The highest BCUT2D eigenvalue weighted by molar-refractivity contribution is 5.85. The lowest BCUT2D eigenvalue weighted by Gasteiger charge is -2.30. The zero-order chi connectivity index (χ0) is 15.2. The summed E-state index contributed by atoms with van der Waals surface area (Å²) < 4.78 is 5.31. The molecule has 4 heteroatoms. The van der Waals surface area contributed by atoms with E-state index >= 15 is 0 Å². The molecule has 0 aromatic heterocycles. The minimum Gasteiger partial charge on any atom is -0.445 e. The molecular weight excluding hydrogens is 278 g/mol. The molecule has 1 N–H and O–H groups in total. The number of hydrogen-bond acceptors (Lipinski definition) is 3. The van der Waals surface area contributed by atoms with Crippen LogP contribution in [0.25, 0.3) is 0 Å². The van der Waals surface area contributed by atoms with E-state index in [9.17, 15) is 9.59 Å². The van der Waals surface area contributed by atoms with Gasteiger partial charge in [0, 0.05) is 18.4 Å². The summed E-state index contributed by atoms with van der Waals surface area (Å²) in [6.07, 6.45) is 4.37. The molecule has 0 heterocycles. The first kappa shape index (κ1) is 13.8. The van der Waals surface area contributed by atoms with Crippen LogP contribution in [0.3, 0.4) is 0 Å². The molecule has 3 unspecified atom stereocenters. The summed E-state index contributed by atoms with van der Waals surface area (Å²) in [4.78, 5) is 23.9. The molecule has 1 spiro atoms. The fourth-order valence-electron chi connectivity index (χ4n) is 4.69. The van der Waals surface area contributed by atoms with Crippen molar-refractivity contribution in [2.24, 2.45) is 17.3 Å². The fraction of sp³-hybridized carbons (Fsp3) is 0.556. The van der Waals surface area contributed by atoms with Crippen LogP contribution in [0.15, 0.2) is 30.3 Å². The van der Waals surface area contributed by atoms with Crippen molar-refractivity contribution in [1.82, 2.24) is 5.32 Å². The second-order valence-electron chi connectivity index (χ2n) is 6.95. The van der Waals surface area contributed by atoms with Crippen molar-refractivity contribution >= 4 is 11.9 Å². The molecule has 1 amide bonds. The van der Waals surface area contributed by atoms with Gasteiger partial charge in [-0.05, 0) is 42.6 Å². The van der Waals surface area contributed by atoms with Gasteiger partial charge in [0.15, 0.2) is 0 Å². The molecule has 22 heavy (non-hydrogen) atoms. The smallest absolute Gasteiger partial charge is 0.407 e. The third kappa shape index (κ3) is 2.21. The van der Waals surface area contributed by atoms with Gasteiger partial charge in [0.25, 0.3) is 0 Å². The molecule has 3 fully saturated rings. The van der Waals surface area contributed by atoms with Crippen LogP contribution < -0.4 is 5.32 Å². The van der Waals surface area contributed by atoms with Crippen LogP contribution in [0.2, 0.25) is 0 Å². The molecular formula is C18H21NO3. The predicted molar refractivity (Wildman–Crippen MR) is 81.1 cm³/mol. The maximum absolute atomic E-state index is 12.0. The van der Waals surface area contributed by atoms with E-state index in [1.807, 2.05) is 30.3 Å². The Hall–Kier alpha value is -1.84. The number of nitrogens with one attached hydrogen (secondary N) is 1. The number of ether oxygens (including phenoxy) is 1. The van der Waals surface area contributed by atoms with Crippen molar-refractivity contribution in [3.05, 3.63) is 35.9 Å². The van der Waals surface area contributed by atoms with Crippen LogP contribution in [-0.4, -0.2) is 17.9 Å². The minimum atomic E-state index is -0.335. The van der Waals surface area contributed by atoms with Gasteiger partial charge >= 0.3 is 6.09 Å². The standard InChI is InChI=1S/C18H21NO3/c20-16-8-9-18-10-14(18)15(7-6-13(16)18)19-17(21)22-11-12-4-2-1-3-5-12/h1-5,13-15H,6-11H2,(H,19,21)/t13?,14-,15?,18?/m1/s1. The average molecular weight is 299 g/mol. The van der Waals surface area contributed by atoms with E-state index < -0.39 is 0 Å². The molecule has 3 aliphatic carbocycles. The maximum atomic E-state index is 12.0. The molecule has 4 atom stereocenters. The molecule has 0 saturated heterocycles. The van der Waals surface area contributed by atoms with Crippen LogP contribution in [0.1, 0.15) is 37.7 Å². The highest BCUT2D eigenvalue weighted by Crippen LogP contribution is 2.69. The topological polar surface area (TPSA) is 55.4 Å². The van der Waals surface area contributed by atoms with Gasteiger partial charge in [0.2, 0.25) is 0 Å². The number of carbonyl (C=O) groups excluding carboxylic acids is 2. The van der Waals surface area contributed by atoms with Crippen molar-refractivity contribution < 1.29 is 14.3 Å². The first-order valence-electron chi connectivity index (χ1n) is 8.19. The molecule has 3 aliphatic rings. The third-order valence-corrected chi connectivity index (χ3v) is 5.87. The average Bonchev–Trinajstić information content (AvgIpc) is 3.20. The van der Waals surface area contributed by atoms with Gasteiger partial charge in [-0.3, -0.25) is 4.79 Å². The molecule has 0 aliphatic heterocycles. The number of amides is 1. The van der Waals surface area contributed by atoms with Gasteiger partial charge in [-0.15, -0.1) is 0 Å². The van der Waals surface area contributed by atoms with Crippen LogP contribution in [0.5, 0.6) is 0 Å². The molecule has 1 aromatic rings. The highest BCUT2D eigenvalue weighted by atomic mass is 16.5. The summed E-state index contributed by atoms with van der Waals surface area (Å²) in [6.45, 7) is 0.302. The summed E-state index contributed by atoms with van der Waals surface area (Å²) >= 11 is 0. The Balaban J connectivity index is 1.31. The van der Waals surface area contributed by atoms with Gasteiger partial charge in [-0.25, -0.2) is 4.79 Å². The predicted octanol–water partition coefficient (Wildman–Crippen LogP) is 3.06. The van der Waals surface area contributed by atoms with Crippen molar-refractivity contribution in [1.29, 1.82) is 0 Å². The van der Waals surface area contributed by atoms with E-state index in [1.165, 1.54) is 0 Å². The second-order valence-corrected chi connectivity index (χ2v) is 6.95. The van der Waals surface area contributed by atoms with Gasteiger partial charge < -0.3 is 10.1 Å². The largest absolute Gasteiger partial charge is 0.445 e. The van der Waals surface area contributed by atoms with Crippen LogP contribution in [-0.2, 0) is 16.1 Å². The first-order valence-corrected chi connectivity index (χ1v) is 8.19. The summed E-state index contributed by atoms with van der Waals surface area (Å²) in [6, 6.07) is 9.88. The number of hydrogen-bond donors (Lipinski definition) is 1. The Morgan fingerprint density at radius 3 is 2.91 bits per heavy atom. The van der Waals surface area contributed by atoms with Crippen molar-refractivity contribution in [3.8, 4) is 0 Å². The molecule has 4 rings (SSSR count).